The molecule has 0 aromatic carbocycles. The molecule has 0 aromatic heterocycles. The first-order valence-electron chi connectivity index (χ1n) is 5.10. The van der Waals surface area contributed by atoms with E-state index in [4.69, 9.17) is 5.73 Å². The Morgan fingerprint density at radius 1 is 1.29 bits per heavy atom. The number of amides is 1. The molecule has 1 fully saturated rings. The van der Waals surface area contributed by atoms with Gasteiger partial charge in [-0.15, -0.1) is 0 Å². The van der Waals surface area contributed by atoms with Gasteiger partial charge in [-0.25, -0.2) is 8.78 Å². The van der Waals surface area contributed by atoms with E-state index >= 15 is 0 Å². The van der Waals surface area contributed by atoms with E-state index < -0.39 is 17.2 Å². The van der Waals surface area contributed by atoms with E-state index in [-0.39, 0.29) is 25.7 Å². The van der Waals surface area contributed by atoms with Crippen LogP contribution in [0, 0.1) is 5.41 Å². The van der Waals surface area contributed by atoms with Crippen LogP contribution in [0.1, 0.15) is 45.4 Å². The molecule has 1 amide bonds. The average Bonchev–Trinajstić information content (AvgIpc) is 2.09. The lowest BCUT2D eigenvalue weighted by Gasteiger charge is -2.37. The van der Waals surface area contributed by atoms with Crippen LogP contribution in [-0.2, 0) is 4.79 Å². The average molecular weight is 205 g/mol. The second-order valence-corrected chi connectivity index (χ2v) is 4.25. The van der Waals surface area contributed by atoms with E-state index in [0.717, 1.165) is 6.42 Å². The number of rotatable bonds is 3. The van der Waals surface area contributed by atoms with Gasteiger partial charge in [0.25, 0.3) is 0 Å². The summed E-state index contributed by atoms with van der Waals surface area (Å²) in [5.74, 6) is -3.00. The number of halogens is 2. The molecule has 1 rings (SSSR count). The topological polar surface area (TPSA) is 43.1 Å². The zero-order chi connectivity index (χ0) is 10.8. The van der Waals surface area contributed by atoms with Gasteiger partial charge < -0.3 is 5.73 Å². The quantitative estimate of drug-likeness (QED) is 0.755. The molecule has 0 atom stereocenters. The number of primary amides is 1. The lowest BCUT2D eigenvalue weighted by molar-refractivity contribution is -0.136. The zero-order valence-corrected chi connectivity index (χ0v) is 8.48. The molecule has 0 heterocycles. The normalized spacial score (nSPS) is 24.5. The Hall–Kier alpha value is -0.670. The Labute approximate surface area is 82.9 Å². The summed E-state index contributed by atoms with van der Waals surface area (Å²) in [7, 11) is 0. The van der Waals surface area contributed by atoms with Crippen LogP contribution in [0.25, 0.3) is 0 Å². The summed E-state index contributed by atoms with van der Waals surface area (Å²) in [6, 6.07) is 0. The standard InChI is InChI=1S/C10H17F2NO/c1-2-3-9(8(13)14)4-6-10(11,12)7-5-9/h2-7H2,1H3,(H2,13,14). The number of carbonyl (C=O) groups excluding carboxylic acids is 1. The fourth-order valence-electron chi connectivity index (χ4n) is 2.19. The zero-order valence-electron chi connectivity index (χ0n) is 8.48. The highest BCUT2D eigenvalue weighted by molar-refractivity contribution is 5.80. The van der Waals surface area contributed by atoms with Crippen LogP contribution in [0.2, 0.25) is 0 Å². The van der Waals surface area contributed by atoms with E-state index in [1.807, 2.05) is 6.92 Å². The van der Waals surface area contributed by atoms with Crippen LogP contribution >= 0.6 is 0 Å². The maximum atomic E-state index is 12.9. The summed E-state index contributed by atoms with van der Waals surface area (Å²) in [4.78, 5) is 11.3. The summed E-state index contributed by atoms with van der Waals surface area (Å²) < 4.78 is 25.8. The van der Waals surface area contributed by atoms with Gasteiger partial charge >= 0.3 is 0 Å². The van der Waals surface area contributed by atoms with E-state index in [1.54, 1.807) is 0 Å². The molecule has 14 heavy (non-hydrogen) atoms. The highest BCUT2D eigenvalue weighted by Crippen LogP contribution is 2.45. The third-order valence-corrected chi connectivity index (χ3v) is 3.19. The monoisotopic (exact) mass is 205 g/mol. The van der Waals surface area contributed by atoms with Crippen molar-refractivity contribution in [1.82, 2.24) is 0 Å². The third-order valence-electron chi connectivity index (χ3n) is 3.19. The van der Waals surface area contributed by atoms with Crippen LogP contribution in [-0.4, -0.2) is 11.8 Å². The van der Waals surface area contributed by atoms with E-state index in [2.05, 4.69) is 0 Å². The summed E-state index contributed by atoms with van der Waals surface area (Å²) in [6.45, 7) is 1.94. The fourth-order valence-corrected chi connectivity index (χ4v) is 2.19. The van der Waals surface area contributed by atoms with Gasteiger partial charge in [0.15, 0.2) is 0 Å². The molecule has 0 aliphatic heterocycles. The van der Waals surface area contributed by atoms with Crippen LogP contribution in [0.5, 0.6) is 0 Å². The minimum Gasteiger partial charge on any atom is -0.369 e. The summed E-state index contributed by atoms with van der Waals surface area (Å²) >= 11 is 0. The molecule has 1 aliphatic carbocycles. The highest BCUT2D eigenvalue weighted by atomic mass is 19.3. The smallest absolute Gasteiger partial charge is 0.248 e. The first-order chi connectivity index (χ1) is 6.42. The Morgan fingerprint density at radius 3 is 2.14 bits per heavy atom. The predicted molar refractivity (Wildman–Crippen MR) is 50.0 cm³/mol. The highest BCUT2D eigenvalue weighted by Gasteiger charge is 2.45. The number of alkyl halides is 2. The van der Waals surface area contributed by atoms with Crippen molar-refractivity contribution in [2.24, 2.45) is 11.1 Å². The molecule has 4 heteroatoms. The Bertz CT molecular complexity index is 218. The maximum Gasteiger partial charge on any atom is 0.248 e. The minimum atomic E-state index is -2.59. The summed E-state index contributed by atoms with van der Waals surface area (Å²) in [5, 5.41) is 0. The van der Waals surface area contributed by atoms with Crippen molar-refractivity contribution in [1.29, 1.82) is 0 Å². The molecule has 0 aromatic rings. The van der Waals surface area contributed by atoms with Gasteiger partial charge in [0.2, 0.25) is 11.8 Å². The molecule has 1 aliphatic rings. The first-order valence-corrected chi connectivity index (χ1v) is 5.10. The van der Waals surface area contributed by atoms with Crippen molar-refractivity contribution in [3.8, 4) is 0 Å². The molecular formula is C10H17F2NO. The lowest BCUT2D eigenvalue weighted by Crippen LogP contribution is -2.42. The van der Waals surface area contributed by atoms with Crippen molar-refractivity contribution in [2.75, 3.05) is 0 Å². The van der Waals surface area contributed by atoms with E-state index in [0.29, 0.717) is 6.42 Å². The lowest BCUT2D eigenvalue weighted by atomic mass is 9.69. The van der Waals surface area contributed by atoms with Crippen molar-refractivity contribution < 1.29 is 13.6 Å². The Balaban J connectivity index is 2.69. The first kappa shape index (κ1) is 11.4. The van der Waals surface area contributed by atoms with Crippen molar-refractivity contribution in [3.05, 3.63) is 0 Å². The third kappa shape index (κ3) is 2.22. The molecule has 2 N–H and O–H groups in total. The molecule has 1 saturated carbocycles. The molecule has 0 bridgehead atoms. The van der Waals surface area contributed by atoms with Gasteiger partial charge in [0.1, 0.15) is 0 Å². The number of nitrogens with two attached hydrogens (primary N) is 1. The van der Waals surface area contributed by atoms with Gasteiger partial charge in [-0.3, -0.25) is 4.79 Å². The van der Waals surface area contributed by atoms with Gasteiger partial charge in [-0.05, 0) is 19.3 Å². The second-order valence-electron chi connectivity index (χ2n) is 4.25. The number of carbonyl (C=O) groups is 1. The van der Waals surface area contributed by atoms with Crippen LogP contribution in [0.4, 0.5) is 8.78 Å². The molecular weight excluding hydrogens is 188 g/mol. The minimum absolute atomic E-state index is 0.198. The molecule has 0 saturated heterocycles. The largest absolute Gasteiger partial charge is 0.369 e. The molecule has 82 valence electrons. The number of hydrogen-bond acceptors (Lipinski definition) is 1. The van der Waals surface area contributed by atoms with Crippen LogP contribution < -0.4 is 5.73 Å². The van der Waals surface area contributed by atoms with Gasteiger partial charge in [0, 0.05) is 18.3 Å². The summed E-state index contributed by atoms with van der Waals surface area (Å²) in [5.41, 5.74) is 4.64. The molecule has 0 unspecified atom stereocenters. The second kappa shape index (κ2) is 3.83. The van der Waals surface area contributed by atoms with Crippen LogP contribution in [0.3, 0.4) is 0 Å². The fraction of sp³-hybridized carbons (Fsp3) is 0.900. The molecule has 0 radical (unpaired) electrons. The van der Waals surface area contributed by atoms with Crippen molar-refractivity contribution in [2.45, 2.75) is 51.4 Å². The van der Waals surface area contributed by atoms with Crippen molar-refractivity contribution in [3.63, 3.8) is 0 Å². The SMILES string of the molecule is CCCC1(C(N)=O)CCC(F)(F)CC1. The molecule has 2 nitrogen and oxygen atoms in total. The van der Waals surface area contributed by atoms with Crippen molar-refractivity contribution >= 4 is 5.91 Å². The van der Waals surface area contributed by atoms with Gasteiger partial charge in [-0.1, -0.05) is 13.3 Å². The summed E-state index contributed by atoms with van der Waals surface area (Å²) in [6.07, 6.45) is 1.53. The van der Waals surface area contributed by atoms with E-state index in [9.17, 15) is 13.6 Å². The Kier molecular flexibility index (Phi) is 3.12. The Morgan fingerprint density at radius 2 is 1.79 bits per heavy atom. The maximum absolute atomic E-state index is 12.9. The van der Waals surface area contributed by atoms with E-state index in [1.165, 1.54) is 0 Å². The van der Waals surface area contributed by atoms with Gasteiger partial charge in [0.05, 0.1) is 0 Å². The predicted octanol–water partition coefficient (Wildman–Crippen LogP) is 2.47. The van der Waals surface area contributed by atoms with Gasteiger partial charge in [-0.2, -0.15) is 0 Å². The van der Waals surface area contributed by atoms with Crippen LogP contribution in [0.15, 0.2) is 0 Å². The molecule has 0 spiro atoms. The number of hydrogen-bond donors (Lipinski definition) is 1.